The van der Waals surface area contributed by atoms with Gasteiger partial charge in [0.25, 0.3) is 0 Å². The monoisotopic (exact) mass is 296 g/mol. The van der Waals surface area contributed by atoms with Crippen LogP contribution in [0, 0.1) is 11.8 Å². The Bertz CT molecular complexity index is 238. The highest BCUT2D eigenvalue weighted by atomic mass is 35.5. The number of nitrogens with two attached hydrogens (primary N) is 2. The molecule has 2 unspecified atom stereocenters. The van der Waals surface area contributed by atoms with Gasteiger partial charge in [-0.25, -0.2) is 0 Å². The fourth-order valence-electron chi connectivity index (χ4n) is 1.18. The maximum atomic E-state index is 11.4. The van der Waals surface area contributed by atoms with Crippen molar-refractivity contribution in [1.29, 1.82) is 0 Å². The van der Waals surface area contributed by atoms with Gasteiger partial charge in [-0.1, -0.05) is 27.7 Å². The van der Waals surface area contributed by atoms with Crippen molar-refractivity contribution in [3.05, 3.63) is 0 Å². The number of ether oxygens (including phenoxy) is 1. The van der Waals surface area contributed by atoms with E-state index in [1.165, 1.54) is 0 Å². The van der Waals surface area contributed by atoms with Crippen molar-refractivity contribution in [2.75, 3.05) is 20.2 Å². The first-order valence-electron chi connectivity index (χ1n) is 6.72. The zero-order chi connectivity index (χ0) is 14.6. The zero-order valence-corrected chi connectivity index (χ0v) is 13.5. The largest absolute Gasteiger partial charge is 1.00 e. The van der Waals surface area contributed by atoms with Gasteiger partial charge in [-0.05, 0) is 12.8 Å². The Morgan fingerprint density at radius 1 is 1.16 bits per heavy atom. The van der Waals surface area contributed by atoms with E-state index in [-0.39, 0.29) is 36.1 Å². The van der Waals surface area contributed by atoms with Crippen LogP contribution in [0.1, 0.15) is 40.5 Å². The Morgan fingerprint density at radius 3 is 2.05 bits per heavy atom. The maximum Gasteiger partial charge on any atom is 0.308 e. The van der Waals surface area contributed by atoms with Crippen LogP contribution in [-0.2, 0) is 14.3 Å². The predicted molar refractivity (Wildman–Crippen MR) is 71.8 cm³/mol. The van der Waals surface area contributed by atoms with E-state index in [0.29, 0.717) is 19.4 Å². The summed E-state index contributed by atoms with van der Waals surface area (Å²) in [6.45, 7) is 8.79. The summed E-state index contributed by atoms with van der Waals surface area (Å²) in [6.07, 6.45) is 1.27. The molecule has 0 aromatic carbocycles. The van der Waals surface area contributed by atoms with Gasteiger partial charge in [0.15, 0.2) is 0 Å². The molecule has 6 heteroatoms. The number of likely N-dealkylation sites (N-methyl/N-ethyl adjacent to an activating group) is 1. The molecule has 5 nitrogen and oxygen atoms in total. The van der Waals surface area contributed by atoms with Gasteiger partial charge in [0, 0.05) is 5.92 Å². The second-order valence-electron chi connectivity index (χ2n) is 4.15. The van der Waals surface area contributed by atoms with Crippen molar-refractivity contribution < 1.29 is 32.0 Å². The normalized spacial score (nSPS) is 12.3. The molecule has 0 saturated heterocycles. The lowest BCUT2D eigenvalue weighted by Gasteiger charge is -2.12. The number of esters is 1. The summed E-state index contributed by atoms with van der Waals surface area (Å²) >= 11 is 0. The van der Waals surface area contributed by atoms with Crippen LogP contribution in [0.5, 0.6) is 0 Å². The van der Waals surface area contributed by atoms with Crippen LogP contribution in [0.3, 0.4) is 0 Å². The first-order chi connectivity index (χ1) is 8.49. The van der Waals surface area contributed by atoms with Crippen LogP contribution < -0.4 is 23.5 Å². The van der Waals surface area contributed by atoms with E-state index >= 15 is 0 Å². The number of primary amides is 1. The minimum Gasteiger partial charge on any atom is -1.00 e. The average Bonchev–Trinajstić information content (AvgIpc) is 2.37. The molecule has 0 aliphatic carbocycles. The molecule has 0 aliphatic heterocycles. The van der Waals surface area contributed by atoms with E-state index in [2.05, 4.69) is 0 Å². The van der Waals surface area contributed by atoms with Gasteiger partial charge in [-0.15, -0.1) is 0 Å². The van der Waals surface area contributed by atoms with Crippen LogP contribution in [0.25, 0.3) is 0 Å². The van der Waals surface area contributed by atoms with Crippen molar-refractivity contribution in [2.24, 2.45) is 17.6 Å². The van der Waals surface area contributed by atoms with Gasteiger partial charge in [0.2, 0.25) is 5.91 Å². The minimum absolute atomic E-state index is 0. The number of rotatable bonds is 8. The molecule has 116 valence electrons. The summed E-state index contributed by atoms with van der Waals surface area (Å²) in [5.41, 5.74) is 5.14. The second kappa shape index (κ2) is 15.2. The molecule has 0 aliphatic rings. The summed E-state index contributed by atoms with van der Waals surface area (Å²) in [7, 11) is 1.92. The third-order valence-electron chi connectivity index (χ3n) is 2.57. The maximum absolute atomic E-state index is 11.4. The second-order valence-corrected chi connectivity index (χ2v) is 4.15. The fraction of sp³-hybridized carbons (Fsp3) is 0.846. The predicted octanol–water partition coefficient (Wildman–Crippen LogP) is -2.71. The van der Waals surface area contributed by atoms with Crippen molar-refractivity contribution in [2.45, 2.75) is 40.5 Å². The number of halogens is 1. The highest BCUT2D eigenvalue weighted by molar-refractivity contribution is 5.76. The number of carbonyl (C=O) groups excluding carboxylic acids is 2. The summed E-state index contributed by atoms with van der Waals surface area (Å²) in [5, 5.41) is 1.95. The van der Waals surface area contributed by atoms with Gasteiger partial charge in [-0.3, -0.25) is 9.59 Å². The van der Waals surface area contributed by atoms with Crippen LogP contribution in [0.2, 0.25) is 0 Å². The van der Waals surface area contributed by atoms with Crippen molar-refractivity contribution in [3.8, 4) is 0 Å². The Balaban J connectivity index is -0.000000809. The molecular formula is C13H29ClN2O3. The lowest BCUT2D eigenvalue weighted by atomic mass is 9.98. The first kappa shape index (κ1) is 23.3. The smallest absolute Gasteiger partial charge is 0.308 e. The van der Waals surface area contributed by atoms with Gasteiger partial charge in [-0.2, -0.15) is 0 Å². The van der Waals surface area contributed by atoms with Crippen molar-refractivity contribution in [3.63, 3.8) is 0 Å². The van der Waals surface area contributed by atoms with E-state index in [1.807, 2.05) is 33.1 Å². The lowest BCUT2D eigenvalue weighted by Crippen LogP contribution is -3.00. The summed E-state index contributed by atoms with van der Waals surface area (Å²) in [5.74, 6) is -0.863. The van der Waals surface area contributed by atoms with E-state index in [4.69, 9.17) is 10.5 Å². The number of carbonyl (C=O) groups is 2. The molecule has 2 atom stereocenters. The van der Waals surface area contributed by atoms with Gasteiger partial charge >= 0.3 is 5.97 Å². The molecule has 0 rings (SSSR count). The van der Waals surface area contributed by atoms with Crippen LogP contribution in [0.15, 0.2) is 0 Å². The van der Waals surface area contributed by atoms with Gasteiger partial charge < -0.3 is 28.2 Å². The molecule has 0 aromatic rings. The standard InChI is InChI=1S/C11H22N2O3.C2H6.ClH/c1-8(10(12)14)4-5-9(2)11(15)16-7-6-13-3;1-2;/h8-9,13H,4-7H2,1-3H3,(H2,12,14);1-2H3;1H. The molecule has 4 N–H and O–H groups in total. The minimum atomic E-state index is -0.318. The Kier molecular flexibility index (Phi) is 18.7. The third kappa shape index (κ3) is 13.4. The molecular weight excluding hydrogens is 268 g/mol. The number of hydrogen-bond acceptors (Lipinski definition) is 3. The van der Waals surface area contributed by atoms with Crippen LogP contribution in [-0.4, -0.2) is 32.1 Å². The van der Waals surface area contributed by atoms with E-state index < -0.39 is 0 Å². The SMILES string of the molecule is CC.C[NH2+]CCOC(=O)C(C)CCC(C)C(N)=O.[Cl-]. The molecule has 0 fully saturated rings. The number of hydrogen-bond donors (Lipinski definition) is 2. The molecule has 0 heterocycles. The van der Waals surface area contributed by atoms with Crippen molar-refractivity contribution in [1.82, 2.24) is 0 Å². The zero-order valence-electron chi connectivity index (χ0n) is 12.7. The van der Waals surface area contributed by atoms with Crippen molar-refractivity contribution >= 4 is 11.9 Å². The average molecular weight is 297 g/mol. The number of quaternary nitrogens is 1. The van der Waals surface area contributed by atoms with Crippen LogP contribution >= 0.6 is 0 Å². The molecule has 1 amide bonds. The summed E-state index contributed by atoms with van der Waals surface area (Å²) < 4.78 is 5.05. The molecule has 19 heavy (non-hydrogen) atoms. The van der Waals surface area contributed by atoms with Crippen LogP contribution in [0.4, 0.5) is 0 Å². The quantitative estimate of drug-likeness (QED) is 0.377. The van der Waals surface area contributed by atoms with E-state index in [0.717, 1.165) is 6.54 Å². The summed E-state index contributed by atoms with van der Waals surface area (Å²) in [4.78, 5) is 22.2. The van der Waals surface area contributed by atoms with Gasteiger partial charge in [0.1, 0.15) is 13.2 Å². The Morgan fingerprint density at radius 2 is 1.63 bits per heavy atom. The van der Waals surface area contributed by atoms with E-state index in [9.17, 15) is 9.59 Å². The highest BCUT2D eigenvalue weighted by Gasteiger charge is 2.17. The molecule has 0 spiro atoms. The first-order valence-corrected chi connectivity index (χ1v) is 6.72. The molecule has 0 aromatic heterocycles. The Hall–Kier alpha value is -0.810. The Labute approximate surface area is 123 Å². The topological polar surface area (TPSA) is 86.0 Å². The highest BCUT2D eigenvalue weighted by Crippen LogP contribution is 2.13. The molecule has 0 radical (unpaired) electrons. The lowest BCUT2D eigenvalue weighted by molar-refractivity contribution is -0.628. The molecule has 0 bridgehead atoms. The summed E-state index contributed by atoms with van der Waals surface area (Å²) in [6, 6.07) is 0. The number of amides is 1. The van der Waals surface area contributed by atoms with Gasteiger partial charge in [0.05, 0.1) is 13.0 Å². The fourth-order valence-corrected chi connectivity index (χ4v) is 1.18. The van der Waals surface area contributed by atoms with E-state index in [1.54, 1.807) is 6.92 Å². The molecule has 0 saturated carbocycles. The third-order valence-corrected chi connectivity index (χ3v) is 2.57.